The summed E-state index contributed by atoms with van der Waals surface area (Å²) in [5.41, 5.74) is 0. The first-order chi connectivity index (χ1) is 9.74. The summed E-state index contributed by atoms with van der Waals surface area (Å²) in [6, 6.07) is 2.33. The molecule has 7 heteroatoms. The first kappa shape index (κ1) is 14.5. The molecule has 0 spiro atoms. The highest BCUT2D eigenvalue weighted by atomic mass is 16.2. The van der Waals surface area contributed by atoms with Crippen molar-refractivity contribution in [3.8, 4) is 6.07 Å². The van der Waals surface area contributed by atoms with Crippen molar-refractivity contribution in [1.82, 2.24) is 24.6 Å². The molecule has 1 amide bonds. The maximum absolute atomic E-state index is 12.1. The Morgan fingerprint density at radius 3 is 2.70 bits per heavy atom. The number of carbonyl (C=O) groups is 1. The normalized spacial score (nSPS) is 17.7. The predicted octanol–water partition coefficient (Wildman–Crippen LogP) is 0.115. The summed E-state index contributed by atoms with van der Waals surface area (Å²) in [7, 11) is 0. The Labute approximate surface area is 118 Å². The van der Waals surface area contributed by atoms with Gasteiger partial charge in [0, 0.05) is 26.2 Å². The van der Waals surface area contributed by atoms with E-state index in [0.717, 1.165) is 25.9 Å². The van der Waals surface area contributed by atoms with Gasteiger partial charge in [-0.2, -0.15) is 10.4 Å². The van der Waals surface area contributed by atoms with Crippen molar-refractivity contribution in [2.75, 3.05) is 26.2 Å². The van der Waals surface area contributed by atoms with Gasteiger partial charge < -0.3 is 4.90 Å². The number of nitrogens with zero attached hydrogens (tertiary/aromatic N) is 6. The number of hydrogen-bond acceptors (Lipinski definition) is 5. The summed E-state index contributed by atoms with van der Waals surface area (Å²) < 4.78 is 1.53. The van der Waals surface area contributed by atoms with E-state index >= 15 is 0 Å². The lowest BCUT2D eigenvalue weighted by molar-refractivity contribution is -0.134. The van der Waals surface area contributed by atoms with Crippen molar-refractivity contribution < 1.29 is 4.79 Å². The number of nitriles is 1. The zero-order chi connectivity index (χ0) is 14.4. The molecule has 1 fully saturated rings. The molecule has 108 valence electrons. The molecule has 0 aromatic carbocycles. The van der Waals surface area contributed by atoms with Gasteiger partial charge in [0.2, 0.25) is 5.91 Å². The smallest absolute Gasteiger partial charge is 0.244 e. The van der Waals surface area contributed by atoms with Crippen molar-refractivity contribution in [2.45, 2.75) is 32.4 Å². The summed E-state index contributed by atoms with van der Waals surface area (Å²) in [4.78, 5) is 19.9. The Hall–Kier alpha value is -1.94. The zero-order valence-corrected chi connectivity index (χ0v) is 11.8. The lowest BCUT2D eigenvalue weighted by atomic mass is 10.1. The maximum Gasteiger partial charge on any atom is 0.244 e. The molecule has 1 unspecified atom stereocenters. The molecule has 1 aliphatic rings. The fraction of sp³-hybridized carbons (Fsp3) is 0.692. The molecule has 0 bridgehead atoms. The van der Waals surface area contributed by atoms with E-state index in [0.29, 0.717) is 13.1 Å². The topological polar surface area (TPSA) is 78.0 Å². The van der Waals surface area contributed by atoms with Crippen molar-refractivity contribution >= 4 is 5.91 Å². The maximum atomic E-state index is 12.1. The summed E-state index contributed by atoms with van der Waals surface area (Å²) in [5, 5.41) is 13.1. The van der Waals surface area contributed by atoms with Gasteiger partial charge in [0.15, 0.2) is 0 Å². The fourth-order valence-electron chi connectivity index (χ4n) is 2.44. The standard InChI is InChI=1S/C13H20N6O/c1-2-3-12(8-14)17-4-6-18(7-5-17)13(20)9-19-11-15-10-16-19/h10-12H,2-7,9H2,1H3. The summed E-state index contributed by atoms with van der Waals surface area (Å²) >= 11 is 0. The number of piperazine rings is 1. The number of hydrogen-bond donors (Lipinski definition) is 0. The lowest BCUT2D eigenvalue weighted by Gasteiger charge is -2.36. The highest BCUT2D eigenvalue weighted by Crippen LogP contribution is 2.11. The van der Waals surface area contributed by atoms with Gasteiger partial charge in [-0.1, -0.05) is 13.3 Å². The molecule has 0 N–H and O–H groups in total. The Balaban J connectivity index is 1.82. The average molecular weight is 276 g/mol. The second-order valence-corrected chi connectivity index (χ2v) is 4.94. The SMILES string of the molecule is CCCC(C#N)N1CCN(C(=O)Cn2cncn2)CC1. The molecule has 1 aromatic heterocycles. The van der Waals surface area contributed by atoms with E-state index in [-0.39, 0.29) is 18.5 Å². The Kier molecular flexibility index (Phi) is 5.07. The van der Waals surface area contributed by atoms with Gasteiger partial charge in [-0.15, -0.1) is 0 Å². The molecule has 1 atom stereocenters. The Morgan fingerprint density at radius 1 is 1.40 bits per heavy atom. The summed E-state index contributed by atoms with van der Waals surface area (Å²) in [6.45, 7) is 5.20. The predicted molar refractivity (Wildman–Crippen MR) is 72.5 cm³/mol. The van der Waals surface area contributed by atoms with Crippen molar-refractivity contribution in [3.05, 3.63) is 12.7 Å². The van der Waals surface area contributed by atoms with Gasteiger partial charge in [0.25, 0.3) is 0 Å². The second-order valence-electron chi connectivity index (χ2n) is 4.94. The summed E-state index contributed by atoms with van der Waals surface area (Å²) in [6.07, 6.45) is 4.86. The molecule has 7 nitrogen and oxygen atoms in total. The third kappa shape index (κ3) is 3.54. The summed E-state index contributed by atoms with van der Waals surface area (Å²) in [5.74, 6) is 0.0548. The Bertz CT molecular complexity index is 458. The van der Waals surface area contributed by atoms with E-state index < -0.39 is 0 Å². The van der Waals surface area contributed by atoms with E-state index in [2.05, 4.69) is 28.0 Å². The molecule has 1 saturated heterocycles. The monoisotopic (exact) mass is 276 g/mol. The first-order valence-electron chi connectivity index (χ1n) is 6.98. The van der Waals surface area contributed by atoms with E-state index in [4.69, 9.17) is 5.26 Å². The Morgan fingerprint density at radius 2 is 2.15 bits per heavy atom. The molecule has 1 aromatic rings. The third-order valence-corrected chi connectivity index (χ3v) is 3.58. The molecule has 0 radical (unpaired) electrons. The van der Waals surface area contributed by atoms with Gasteiger partial charge in [-0.3, -0.25) is 9.69 Å². The second kappa shape index (κ2) is 7.01. The molecule has 0 saturated carbocycles. The zero-order valence-electron chi connectivity index (χ0n) is 11.8. The third-order valence-electron chi connectivity index (χ3n) is 3.58. The molecule has 20 heavy (non-hydrogen) atoms. The largest absolute Gasteiger partial charge is 0.339 e. The number of rotatable bonds is 5. The molecular weight excluding hydrogens is 256 g/mol. The van der Waals surface area contributed by atoms with Gasteiger partial charge in [0.1, 0.15) is 19.2 Å². The van der Waals surface area contributed by atoms with Crippen LogP contribution >= 0.6 is 0 Å². The van der Waals surface area contributed by atoms with Crippen LogP contribution in [-0.4, -0.2) is 62.7 Å². The van der Waals surface area contributed by atoms with E-state index in [1.807, 2.05) is 4.90 Å². The molecule has 2 rings (SSSR count). The minimum Gasteiger partial charge on any atom is -0.339 e. The van der Waals surface area contributed by atoms with Crippen LogP contribution in [0, 0.1) is 11.3 Å². The van der Waals surface area contributed by atoms with Crippen LogP contribution in [0.1, 0.15) is 19.8 Å². The average Bonchev–Trinajstić information content (AvgIpc) is 2.98. The minimum atomic E-state index is -0.0208. The number of carbonyl (C=O) groups excluding carboxylic acids is 1. The van der Waals surface area contributed by atoms with Gasteiger partial charge in [0.05, 0.1) is 12.1 Å². The van der Waals surface area contributed by atoms with E-state index in [1.165, 1.54) is 11.0 Å². The van der Waals surface area contributed by atoms with Crippen LogP contribution in [0.4, 0.5) is 0 Å². The van der Waals surface area contributed by atoms with Crippen LogP contribution in [0.2, 0.25) is 0 Å². The van der Waals surface area contributed by atoms with Crippen molar-refractivity contribution in [1.29, 1.82) is 5.26 Å². The molecule has 1 aliphatic heterocycles. The lowest BCUT2D eigenvalue weighted by Crippen LogP contribution is -2.52. The highest BCUT2D eigenvalue weighted by molar-refractivity contribution is 5.76. The van der Waals surface area contributed by atoms with E-state index in [1.54, 1.807) is 6.33 Å². The van der Waals surface area contributed by atoms with Gasteiger partial charge in [-0.05, 0) is 6.42 Å². The number of aromatic nitrogens is 3. The van der Waals surface area contributed by atoms with Gasteiger partial charge in [-0.25, -0.2) is 9.67 Å². The quantitative estimate of drug-likeness (QED) is 0.763. The molecule has 0 aliphatic carbocycles. The van der Waals surface area contributed by atoms with Gasteiger partial charge >= 0.3 is 0 Å². The van der Waals surface area contributed by atoms with Crippen LogP contribution in [0.15, 0.2) is 12.7 Å². The van der Waals surface area contributed by atoms with Crippen LogP contribution in [0.3, 0.4) is 0 Å². The highest BCUT2D eigenvalue weighted by Gasteiger charge is 2.25. The fourth-order valence-corrected chi connectivity index (χ4v) is 2.44. The molecular formula is C13H20N6O. The van der Waals surface area contributed by atoms with Crippen molar-refractivity contribution in [2.24, 2.45) is 0 Å². The van der Waals surface area contributed by atoms with E-state index in [9.17, 15) is 4.79 Å². The first-order valence-corrected chi connectivity index (χ1v) is 6.98. The molecule has 2 heterocycles. The van der Waals surface area contributed by atoms with Crippen LogP contribution in [-0.2, 0) is 11.3 Å². The van der Waals surface area contributed by atoms with Crippen LogP contribution < -0.4 is 0 Å². The van der Waals surface area contributed by atoms with Crippen molar-refractivity contribution in [3.63, 3.8) is 0 Å². The minimum absolute atomic E-state index is 0.0208. The van der Waals surface area contributed by atoms with Crippen LogP contribution in [0.25, 0.3) is 0 Å². The van der Waals surface area contributed by atoms with Crippen LogP contribution in [0.5, 0.6) is 0 Å². The number of amides is 1.